The molecule has 120 valence electrons. The molecule has 3 rings (SSSR count). The lowest BCUT2D eigenvalue weighted by Gasteiger charge is -2.07. The molecule has 2 heterocycles. The number of aromatic nitrogens is 2. The zero-order chi connectivity index (χ0) is 16.8. The second-order valence-corrected chi connectivity index (χ2v) is 6.02. The number of nitrogens with one attached hydrogen (secondary N) is 2. The van der Waals surface area contributed by atoms with Gasteiger partial charge in [-0.2, -0.15) is 0 Å². The average molecular weight is 383 g/mol. The Balaban J connectivity index is 1.59. The summed E-state index contributed by atoms with van der Waals surface area (Å²) in [5.74, 6) is 0.525. The van der Waals surface area contributed by atoms with E-state index in [2.05, 4.69) is 36.5 Å². The molecular weight excluding hydrogens is 368 g/mol. The van der Waals surface area contributed by atoms with E-state index in [9.17, 15) is 4.79 Å². The first-order valence-corrected chi connectivity index (χ1v) is 8.16. The molecule has 0 unspecified atom stereocenters. The number of carbonyl (C=O) groups excluding carboxylic acids is 1. The highest BCUT2D eigenvalue weighted by molar-refractivity contribution is 9.10. The number of pyridine rings is 2. The second kappa shape index (κ2) is 7.70. The minimum Gasteiger partial charge on any atom is -0.366 e. The molecular formula is C18H15BrN4O. The summed E-state index contributed by atoms with van der Waals surface area (Å²) in [6.45, 7) is 0.653. The topological polar surface area (TPSA) is 66.9 Å². The van der Waals surface area contributed by atoms with Gasteiger partial charge in [0.25, 0.3) is 5.91 Å². The first-order valence-electron chi connectivity index (χ1n) is 7.36. The normalized spacial score (nSPS) is 10.2. The zero-order valence-electron chi connectivity index (χ0n) is 12.7. The standard InChI is InChI=1S/C18H15BrN4O/c19-15-2-4-16(5-3-15)23-18(24)14-1-6-17(22-12-14)21-11-13-7-9-20-10-8-13/h1-10,12H,11H2,(H,21,22)(H,23,24). The fraction of sp³-hybridized carbons (Fsp3) is 0.0556. The molecule has 0 spiro atoms. The van der Waals surface area contributed by atoms with E-state index in [1.807, 2.05) is 36.4 Å². The van der Waals surface area contributed by atoms with Crippen molar-refractivity contribution in [3.8, 4) is 0 Å². The van der Waals surface area contributed by atoms with Crippen LogP contribution in [0.25, 0.3) is 0 Å². The van der Waals surface area contributed by atoms with Gasteiger partial charge >= 0.3 is 0 Å². The molecule has 0 aliphatic carbocycles. The fourth-order valence-electron chi connectivity index (χ4n) is 2.06. The van der Waals surface area contributed by atoms with Gasteiger partial charge in [0.05, 0.1) is 5.56 Å². The van der Waals surface area contributed by atoms with Crippen molar-refractivity contribution < 1.29 is 4.79 Å². The molecule has 24 heavy (non-hydrogen) atoms. The highest BCUT2D eigenvalue weighted by Crippen LogP contribution is 2.15. The Morgan fingerprint density at radius 1 is 1.00 bits per heavy atom. The average Bonchev–Trinajstić information content (AvgIpc) is 2.63. The maximum Gasteiger partial charge on any atom is 0.257 e. The van der Waals surface area contributed by atoms with E-state index in [1.54, 1.807) is 30.7 Å². The van der Waals surface area contributed by atoms with E-state index in [0.717, 1.165) is 15.7 Å². The number of benzene rings is 1. The zero-order valence-corrected chi connectivity index (χ0v) is 14.3. The molecule has 1 amide bonds. The quantitative estimate of drug-likeness (QED) is 0.696. The van der Waals surface area contributed by atoms with Gasteiger partial charge in [-0.3, -0.25) is 9.78 Å². The molecule has 6 heteroatoms. The smallest absolute Gasteiger partial charge is 0.257 e. The molecule has 0 bridgehead atoms. The summed E-state index contributed by atoms with van der Waals surface area (Å²) < 4.78 is 0.965. The SMILES string of the molecule is O=C(Nc1ccc(Br)cc1)c1ccc(NCc2ccncc2)nc1. The van der Waals surface area contributed by atoms with Crippen LogP contribution in [0.15, 0.2) is 71.6 Å². The third-order valence-corrected chi connectivity index (χ3v) is 3.88. The lowest BCUT2D eigenvalue weighted by atomic mass is 10.2. The summed E-state index contributed by atoms with van der Waals surface area (Å²) >= 11 is 3.36. The Hall–Kier alpha value is -2.73. The van der Waals surface area contributed by atoms with Gasteiger partial charge in [0.15, 0.2) is 0 Å². The van der Waals surface area contributed by atoms with Crippen molar-refractivity contribution in [3.05, 3.63) is 82.7 Å². The number of hydrogen-bond acceptors (Lipinski definition) is 4. The third-order valence-electron chi connectivity index (χ3n) is 3.35. The van der Waals surface area contributed by atoms with E-state index in [1.165, 1.54) is 0 Å². The van der Waals surface area contributed by atoms with E-state index >= 15 is 0 Å². The number of anilines is 2. The van der Waals surface area contributed by atoms with Gasteiger partial charge in [-0.05, 0) is 54.1 Å². The van der Waals surface area contributed by atoms with Crippen LogP contribution in [0, 0.1) is 0 Å². The van der Waals surface area contributed by atoms with Crippen molar-refractivity contribution in [1.29, 1.82) is 0 Å². The molecule has 0 atom stereocenters. The van der Waals surface area contributed by atoms with Gasteiger partial charge in [0.2, 0.25) is 0 Å². The maximum absolute atomic E-state index is 12.2. The molecule has 2 N–H and O–H groups in total. The summed E-state index contributed by atoms with van der Waals surface area (Å²) in [7, 11) is 0. The highest BCUT2D eigenvalue weighted by Gasteiger charge is 2.06. The van der Waals surface area contributed by atoms with E-state index in [0.29, 0.717) is 17.9 Å². The molecule has 0 saturated carbocycles. The highest BCUT2D eigenvalue weighted by atomic mass is 79.9. The molecule has 2 aromatic heterocycles. The van der Waals surface area contributed by atoms with E-state index in [-0.39, 0.29) is 5.91 Å². The molecule has 0 radical (unpaired) electrons. The lowest BCUT2D eigenvalue weighted by molar-refractivity contribution is 0.102. The van der Waals surface area contributed by atoms with Crippen molar-refractivity contribution in [2.75, 3.05) is 10.6 Å². The van der Waals surface area contributed by atoms with Crippen molar-refractivity contribution in [2.45, 2.75) is 6.54 Å². The van der Waals surface area contributed by atoms with Crippen LogP contribution >= 0.6 is 15.9 Å². The minimum absolute atomic E-state index is 0.189. The Bertz CT molecular complexity index is 805. The van der Waals surface area contributed by atoms with Crippen molar-refractivity contribution in [2.24, 2.45) is 0 Å². The Kier molecular flexibility index (Phi) is 5.18. The van der Waals surface area contributed by atoms with Gasteiger partial charge < -0.3 is 10.6 Å². The molecule has 0 fully saturated rings. The summed E-state index contributed by atoms with van der Waals surface area (Å²) in [5.41, 5.74) is 2.36. The van der Waals surface area contributed by atoms with Crippen molar-refractivity contribution >= 4 is 33.3 Å². The predicted molar refractivity (Wildman–Crippen MR) is 97.9 cm³/mol. The molecule has 3 aromatic rings. The largest absolute Gasteiger partial charge is 0.366 e. The van der Waals surface area contributed by atoms with Crippen LogP contribution in [0.4, 0.5) is 11.5 Å². The second-order valence-electron chi connectivity index (χ2n) is 5.10. The monoisotopic (exact) mass is 382 g/mol. The van der Waals surface area contributed by atoms with Gasteiger partial charge in [-0.15, -0.1) is 0 Å². The number of carbonyl (C=O) groups is 1. The van der Waals surface area contributed by atoms with E-state index < -0.39 is 0 Å². The van der Waals surface area contributed by atoms with Crippen LogP contribution in [0.2, 0.25) is 0 Å². The fourth-order valence-corrected chi connectivity index (χ4v) is 2.33. The molecule has 0 aliphatic rings. The maximum atomic E-state index is 12.2. The van der Waals surface area contributed by atoms with Crippen LogP contribution in [-0.2, 0) is 6.54 Å². The number of halogens is 1. The molecule has 0 aliphatic heterocycles. The first-order chi connectivity index (χ1) is 11.7. The lowest BCUT2D eigenvalue weighted by Crippen LogP contribution is -2.12. The Morgan fingerprint density at radius 2 is 1.75 bits per heavy atom. The van der Waals surface area contributed by atoms with Crippen LogP contribution < -0.4 is 10.6 Å². The summed E-state index contributed by atoms with van der Waals surface area (Å²) in [6, 6.07) is 14.8. The number of nitrogens with zero attached hydrogens (tertiary/aromatic N) is 2. The molecule has 5 nitrogen and oxygen atoms in total. The van der Waals surface area contributed by atoms with Gasteiger partial charge in [0, 0.05) is 35.3 Å². The summed E-state index contributed by atoms with van der Waals surface area (Å²) in [5, 5.41) is 6.04. The van der Waals surface area contributed by atoms with Crippen LogP contribution in [-0.4, -0.2) is 15.9 Å². The van der Waals surface area contributed by atoms with Gasteiger partial charge in [-0.25, -0.2) is 4.98 Å². The van der Waals surface area contributed by atoms with Crippen LogP contribution in [0.1, 0.15) is 15.9 Å². The number of hydrogen-bond donors (Lipinski definition) is 2. The Labute approximate surface area is 148 Å². The van der Waals surface area contributed by atoms with Gasteiger partial charge in [-0.1, -0.05) is 15.9 Å². The van der Waals surface area contributed by atoms with Gasteiger partial charge in [0.1, 0.15) is 5.82 Å². The van der Waals surface area contributed by atoms with Crippen molar-refractivity contribution in [3.63, 3.8) is 0 Å². The predicted octanol–water partition coefficient (Wildman–Crippen LogP) is 4.10. The number of amides is 1. The van der Waals surface area contributed by atoms with Crippen molar-refractivity contribution in [1.82, 2.24) is 9.97 Å². The number of rotatable bonds is 5. The molecule has 1 aromatic carbocycles. The van der Waals surface area contributed by atoms with Crippen LogP contribution in [0.5, 0.6) is 0 Å². The molecule has 0 saturated heterocycles. The Morgan fingerprint density at radius 3 is 2.42 bits per heavy atom. The van der Waals surface area contributed by atoms with Crippen LogP contribution in [0.3, 0.4) is 0 Å². The van der Waals surface area contributed by atoms with E-state index in [4.69, 9.17) is 0 Å². The minimum atomic E-state index is -0.189. The summed E-state index contributed by atoms with van der Waals surface area (Å²) in [6.07, 6.45) is 5.06. The summed E-state index contributed by atoms with van der Waals surface area (Å²) in [4.78, 5) is 20.5. The first kappa shape index (κ1) is 16.1. The third kappa shape index (κ3) is 4.39.